The summed E-state index contributed by atoms with van der Waals surface area (Å²) in [6.07, 6.45) is 3.11. The van der Waals surface area contributed by atoms with Crippen molar-refractivity contribution in [1.29, 1.82) is 0 Å². The molecule has 0 saturated carbocycles. The summed E-state index contributed by atoms with van der Waals surface area (Å²) in [7, 11) is -2.00. The van der Waals surface area contributed by atoms with E-state index in [4.69, 9.17) is 0 Å². The number of nitrogens with one attached hydrogen (secondary N) is 1. The molecule has 3 aromatic rings. The van der Waals surface area contributed by atoms with Crippen LogP contribution < -0.4 is 0 Å². The predicted octanol–water partition coefficient (Wildman–Crippen LogP) is 1.49. The number of H-pyrrole nitrogens is 1. The Balaban J connectivity index is 1.50. The van der Waals surface area contributed by atoms with Gasteiger partial charge in [-0.3, -0.25) is 9.48 Å². The molecule has 0 radical (unpaired) electrons. The molecule has 1 saturated heterocycles. The number of hydrogen-bond acceptors (Lipinski definition) is 5. The van der Waals surface area contributed by atoms with Crippen molar-refractivity contribution in [2.24, 2.45) is 7.05 Å². The van der Waals surface area contributed by atoms with Crippen LogP contribution in [0.2, 0.25) is 0 Å². The number of amides is 1. The number of aromatic nitrogens is 4. The average molecular weight is 432 g/mol. The highest BCUT2D eigenvalue weighted by Gasteiger charge is 2.30. The molecule has 30 heavy (non-hydrogen) atoms. The van der Waals surface area contributed by atoms with Crippen LogP contribution in [0, 0.1) is 5.82 Å². The Morgan fingerprint density at radius 2 is 1.90 bits per heavy atom. The van der Waals surface area contributed by atoms with Crippen molar-refractivity contribution >= 4 is 15.9 Å². The van der Waals surface area contributed by atoms with Gasteiger partial charge in [0.25, 0.3) is 15.9 Å². The molecule has 9 nitrogen and oxygen atoms in total. The van der Waals surface area contributed by atoms with Crippen molar-refractivity contribution in [3.8, 4) is 11.3 Å². The van der Waals surface area contributed by atoms with Crippen LogP contribution in [0.3, 0.4) is 0 Å². The Morgan fingerprint density at radius 3 is 2.60 bits per heavy atom. The smallest absolute Gasteiger partial charge is 0.272 e. The zero-order valence-corrected chi connectivity index (χ0v) is 17.1. The Hall–Kier alpha value is -3.05. The fourth-order valence-electron chi connectivity index (χ4n) is 3.45. The Labute approximate surface area is 173 Å². The summed E-state index contributed by atoms with van der Waals surface area (Å²) in [5.41, 5.74) is 1.66. The SMILES string of the molecule is Cn1nc(-c2ccc(F)cc2)cc1C(=O)N1CCCN(S(=O)(=O)c2cnc[nH]2)CC1. The molecule has 0 aliphatic carbocycles. The van der Waals surface area contributed by atoms with Gasteiger partial charge in [0.15, 0.2) is 5.03 Å². The van der Waals surface area contributed by atoms with Crippen LogP contribution >= 0.6 is 0 Å². The van der Waals surface area contributed by atoms with E-state index in [-0.39, 0.29) is 29.8 Å². The summed E-state index contributed by atoms with van der Waals surface area (Å²) >= 11 is 0. The van der Waals surface area contributed by atoms with Crippen LogP contribution in [0.5, 0.6) is 0 Å². The highest BCUT2D eigenvalue weighted by molar-refractivity contribution is 7.89. The lowest BCUT2D eigenvalue weighted by atomic mass is 10.1. The molecule has 3 heterocycles. The molecule has 0 unspecified atom stereocenters. The van der Waals surface area contributed by atoms with Crippen LogP contribution in [0.15, 0.2) is 47.9 Å². The second kappa shape index (κ2) is 8.00. The fraction of sp³-hybridized carbons (Fsp3) is 0.316. The maximum absolute atomic E-state index is 13.2. The molecule has 158 valence electrons. The molecular weight excluding hydrogens is 411 g/mol. The number of aromatic amines is 1. The van der Waals surface area contributed by atoms with Crippen LogP contribution in [0.1, 0.15) is 16.9 Å². The third-order valence-corrected chi connectivity index (χ3v) is 6.90. The molecule has 1 aliphatic heterocycles. The summed E-state index contributed by atoms with van der Waals surface area (Å²) in [6.45, 7) is 1.21. The normalized spacial score (nSPS) is 15.9. The third-order valence-electron chi connectivity index (χ3n) is 5.07. The third kappa shape index (κ3) is 3.85. The average Bonchev–Trinajstić information content (AvgIpc) is 3.32. The van der Waals surface area contributed by atoms with Gasteiger partial charge in [0.2, 0.25) is 0 Å². The number of nitrogens with zero attached hydrogens (tertiary/aromatic N) is 5. The van der Waals surface area contributed by atoms with Crippen LogP contribution in [0.4, 0.5) is 4.39 Å². The van der Waals surface area contributed by atoms with E-state index in [9.17, 15) is 17.6 Å². The first-order valence-corrected chi connectivity index (χ1v) is 10.9. The number of rotatable bonds is 4. The lowest BCUT2D eigenvalue weighted by molar-refractivity contribution is 0.0753. The van der Waals surface area contributed by atoms with Gasteiger partial charge in [-0.2, -0.15) is 9.40 Å². The topological polar surface area (TPSA) is 104 Å². The maximum atomic E-state index is 13.2. The van der Waals surface area contributed by atoms with Gasteiger partial charge >= 0.3 is 0 Å². The van der Waals surface area contributed by atoms with Crippen molar-refractivity contribution in [2.45, 2.75) is 11.4 Å². The number of imidazole rings is 1. The number of hydrogen-bond donors (Lipinski definition) is 1. The molecule has 0 atom stereocenters. The summed E-state index contributed by atoms with van der Waals surface area (Å²) in [5.74, 6) is -0.565. The highest BCUT2D eigenvalue weighted by atomic mass is 32.2. The van der Waals surface area contributed by atoms with Crippen molar-refractivity contribution < 1.29 is 17.6 Å². The van der Waals surface area contributed by atoms with E-state index >= 15 is 0 Å². The van der Waals surface area contributed by atoms with E-state index in [1.165, 1.54) is 33.6 Å². The maximum Gasteiger partial charge on any atom is 0.272 e. The second-order valence-electron chi connectivity index (χ2n) is 7.01. The van der Waals surface area contributed by atoms with Gasteiger partial charge in [-0.15, -0.1) is 0 Å². The lowest BCUT2D eigenvalue weighted by Gasteiger charge is -2.21. The van der Waals surface area contributed by atoms with Crippen LogP contribution in [0.25, 0.3) is 11.3 Å². The zero-order valence-electron chi connectivity index (χ0n) is 16.3. The van der Waals surface area contributed by atoms with E-state index in [2.05, 4.69) is 15.1 Å². The molecule has 1 fully saturated rings. The standard InChI is InChI=1S/C19H21FN6O3S/c1-24-17(11-16(23-24)14-3-5-15(20)6-4-14)19(27)25-7-2-8-26(10-9-25)30(28,29)18-12-21-13-22-18/h3-6,11-13H,2,7-10H2,1H3,(H,21,22). The Kier molecular flexibility index (Phi) is 5.39. The van der Waals surface area contributed by atoms with E-state index in [0.717, 1.165) is 0 Å². The minimum absolute atomic E-state index is 0.0397. The molecule has 4 rings (SSSR count). The van der Waals surface area contributed by atoms with E-state index < -0.39 is 10.0 Å². The minimum Gasteiger partial charge on any atom is -0.336 e. The van der Waals surface area contributed by atoms with Gasteiger partial charge < -0.3 is 9.88 Å². The first-order valence-electron chi connectivity index (χ1n) is 9.44. The van der Waals surface area contributed by atoms with Gasteiger partial charge in [-0.1, -0.05) is 0 Å². The molecule has 1 aromatic carbocycles. The quantitative estimate of drug-likeness (QED) is 0.673. The molecule has 1 amide bonds. The van der Waals surface area contributed by atoms with E-state index in [0.29, 0.717) is 36.5 Å². The number of carbonyl (C=O) groups is 1. The number of carbonyl (C=O) groups excluding carboxylic acids is 1. The minimum atomic E-state index is -3.67. The van der Waals surface area contributed by atoms with Crippen molar-refractivity contribution in [1.82, 2.24) is 29.0 Å². The molecule has 0 bridgehead atoms. The number of aryl methyl sites for hydroxylation is 1. The van der Waals surface area contributed by atoms with Crippen LogP contribution in [-0.2, 0) is 17.1 Å². The second-order valence-corrected chi connectivity index (χ2v) is 8.92. The first-order chi connectivity index (χ1) is 14.4. The number of benzene rings is 1. The molecule has 11 heteroatoms. The predicted molar refractivity (Wildman–Crippen MR) is 106 cm³/mol. The van der Waals surface area contributed by atoms with Gasteiger partial charge in [0.1, 0.15) is 11.5 Å². The molecular formula is C19H21FN6O3S. The highest BCUT2D eigenvalue weighted by Crippen LogP contribution is 2.21. The monoisotopic (exact) mass is 432 g/mol. The Bertz CT molecular complexity index is 1140. The lowest BCUT2D eigenvalue weighted by Crippen LogP contribution is -2.38. The van der Waals surface area contributed by atoms with Crippen molar-refractivity contribution in [3.05, 3.63) is 54.4 Å². The summed E-state index contributed by atoms with van der Waals surface area (Å²) < 4.78 is 41.4. The molecule has 1 aliphatic rings. The number of halogens is 1. The fourth-order valence-corrected chi connectivity index (χ4v) is 4.82. The van der Waals surface area contributed by atoms with Crippen molar-refractivity contribution in [3.63, 3.8) is 0 Å². The summed E-state index contributed by atoms with van der Waals surface area (Å²) in [5, 5.41) is 4.41. The Morgan fingerprint density at radius 1 is 1.13 bits per heavy atom. The molecule has 0 spiro atoms. The van der Waals surface area contributed by atoms with E-state index in [1.807, 2.05) is 0 Å². The molecule has 1 N–H and O–H groups in total. The van der Waals surface area contributed by atoms with Gasteiger partial charge in [0.05, 0.1) is 18.2 Å². The summed E-state index contributed by atoms with van der Waals surface area (Å²) in [4.78, 5) is 21.1. The molecule has 2 aromatic heterocycles. The van der Waals surface area contributed by atoms with Gasteiger partial charge in [-0.05, 0) is 36.8 Å². The van der Waals surface area contributed by atoms with Gasteiger partial charge in [0, 0.05) is 38.8 Å². The van der Waals surface area contributed by atoms with Crippen molar-refractivity contribution in [2.75, 3.05) is 26.2 Å². The largest absolute Gasteiger partial charge is 0.336 e. The van der Waals surface area contributed by atoms with Crippen LogP contribution in [-0.4, -0.2) is 69.5 Å². The van der Waals surface area contributed by atoms with Gasteiger partial charge in [-0.25, -0.2) is 17.8 Å². The summed E-state index contributed by atoms with van der Waals surface area (Å²) in [6, 6.07) is 7.57. The van der Waals surface area contributed by atoms with E-state index in [1.54, 1.807) is 30.1 Å². The first kappa shape index (κ1) is 20.2. The zero-order chi connectivity index (χ0) is 21.3. The number of sulfonamides is 1.